The first-order valence-electron chi connectivity index (χ1n) is 8.78. The van der Waals surface area contributed by atoms with Crippen LogP contribution < -0.4 is 10.1 Å². The third kappa shape index (κ3) is 3.90. The van der Waals surface area contributed by atoms with E-state index in [1.54, 1.807) is 25.2 Å². The molecule has 0 aliphatic rings. The Morgan fingerprint density at radius 3 is 2.74 bits per heavy atom. The molecule has 27 heavy (non-hydrogen) atoms. The van der Waals surface area contributed by atoms with Crippen LogP contribution in [0.2, 0.25) is 0 Å². The van der Waals surface area contributed by atoms with E-state index < -0.39 is 4.92 Å². The summed E-state index contributed by atoms with van der Waals surface area (Å²) in [6.45, 7) is 4.82. The van der Waals surface area contributed by atoms with E-state index in [9.17, 15) is 10.1 Å². The van der Waals surface area contributed by atoms with Gasteiger partial charge in [-0.1, -0.05) is 29.5 Å². The molecule has 1 aromatic heterocycles. The Balaban J connectivity index is 1.76. The topological polar surface area (TPSA) is 95.1 Å². The lowest BCUT2D eigenvalue weighted by Gasteiger charge is -2.25. The van der Waals surface area contributed by atoms with Gasteiger partial charge in [0.25, 0.3) is 0 Å². The van der Waals surface area contributed by atoms with Crippen LogP contribution >= 0.6 is 0 Å². The number of fused-ring (bicyclic) bond motifs is 1. The molecule has 1 heterocycles. The first-order chi connectivity index (χ1) is 12.9. The Kier molecular flexibility index (Phi) is 5.36. The summed E-state index contributed by atoms with van der Waals surface area (Å²) in [5.74, 6) is 0.284. The summed E-state index contributed by atoms with van der Waals surface area (Å²) in [6.07, 6.45) is 0.619. The number of nitrogens with zero attached hydrogens (tertiary/aromatic N) is 4. The van der Waals surface area contributed by atoms with Gasteiger partial charge in [0.1, 0.15) is 5.52 Å². The number of nitro benzene ring substituents is 1. The second-order valence-electron chi connectivity index (χ2n) is 6.95. The van der Waals surface area contributed by atoms with Gasteiger partial charge in [-0.3, -0.25) is 10.1 Å². The zero-order valence-corrected chi connectivity index (χ0v) is 15.7. The number of hydrogen-bond acceptors (Lipinski definition) is 6. The van der Waals surface area contributed by atoms with Crippen molar-refractivity contribution in [1.29, 1.82) is 0 Å². The molecule has 0 atom stereocenters. The van der Waals surface area contributed by atoms with Crippen LogP contribution in [-0.4, -0.2) is 33.6 Å². The summed E-state index contributed by atoms with van der Waals surface area (Å²) in [6, 6.07) is 12.9. The summed E-state index contributed by atoms with van der Waals surface area (Å²) in [5.41, 5.74) is 2.04. The number of nitrogens with one attached hydrogen (secondary N) is 1. The monoisotopic (exact) mass is 369 g/mol. The normalized spacial score (nSPS) is 11.7. The zero-order valence-electron chi connectivity index (χ0n) is 15.7. The summed E-state index contributed by atoms with van der Waals surface area (Å²) >= 11 is 0. The molecule has 8 heteroatoms. The Morgan fingerprint density at radius 2 is 2.00 bits per heavy atom. The summed E-state index contributed by atoms with van der Waals surface area (Å²) in [4.78, 5) is 11.1. The SMILES string of the molecule is CNCc1cccc(OCCC(C)(C)n2nnc3ccccc32)c1[N+](=O)[O-]. The molecular weight excluding hydrogens is 346 g/mol. The van der Waals surface area contributed by atoms with Crippen LogP contribution in [-0.2, 0) is 12.1 Å². The second-order valence-corrected chi connectivity index (χ2v) is 6.95. The predicted molar refractivity (Wildman–Crippen MR) is 103 cm³/mol. The van der Waals surface area contributed by atoms with Crippen LogP contribution in [0.5, 0.6) is 5.75 Å². The van der Waals surface area contributed by atoms with Crippen molar-refractivity contribution in [2.45, 2.75) is 32.4 Å². The highest BCUT2D eigenvalue weighted by molar-refractivity contribution is 5.74. The molecule has 0 aliphatic carbocycles. The molecular formula is C19H23N5O3. The molecule has 2 aromatic carbocycles. The fraction of sp³-hybridized carbons (Fsp3) is 0.368. The minimum absolute atomic E-state index is 0.0101. The molecule has 0 amide bonds. The maximum Gasteiger partial charge on any atom is 0.315 e. The van der Waals surface area contributed by atoms with Crippen molar-refractivity contribution in [1.82, 2.24) is 20.3 Å². The lowest BCUT2D eigenvalue weighted by molar-refractivity contribution is -0.386. The van der Waals surface area contributed by atoms with Crippen LogP contribution in [0.3, 0.4) is 0 Å². The minimum Gasteiger partial charge on any atom is -0.487 e. The van der Waals surface area contributed by atoms with E-state index in [0.717, 1.165) is 11.0 Å². The molecule has 3 rings (SSSR count). The van der Waals surface area contributed by atoms with Gasteiger partial charge in [-0.2, -0.15) is 0 Å². The van der Waals surface area contributed by atoms with E-state index in [1.807, 2.05) is 42.8 Å². The number of hydrogen-bond donors (Lipinski definition) is 1. The molecule has 0 saturated carbocycles. The molecule has 8 nitrogen and oxygen atoms in total. The molecule has 0 unspecified atom stereocenters. The lowest BCUT2D eigenvalue weighted by Crippen LogP contribution is -2.29. The number of benzene rings is 2. The molecule has 1 N–H and O–H groups in total. The molecule has 0 bridgehead atoms. The highest BCUT2D eigenvalue weighted by atomic mass is 16.6. The number of ether oxygens (including phenoxy) is 1. The Hall–Kier alpha value is -3.00. The number of rotatable bonds is 8. The number of nitro groups is 1. The van der Waals surface area contributed by atoms with Gasteiger partial charge in [0.05, 0.1) is 22.6 Å². The van der Waals surface area contributed by atoms with Crippen molar-refractivity contribution in [3.63, 3.8) is 0 Å². The van der Waals surface area contributed by atoms with Gasteiger partial charge in [0, 0.05) is 18.5 Å². The van der Waals surface area contributed by atoms with Gasteiger partial charge >= 0.3 is 5.69 Å². The van der Waals surface area contributed by atoms with E-state index >= 15 is 0 Å². The molecule has 0 spiro atoms. The third-order valence-corrected chi connectivity index (χ3v) is 4.53. The largest absolute Gasteiger partial charge is 0.487 e. The van der Waals surface area contributed by atoms with Gasteiger partial charge in [0.2, 0.25) is 0 Å². The molecule has 0 aliphatic heterocycles. The first kappa shape index (κ1) is 18.8. The maximum absolute atomic E-state index is 11.5. The third-order valence-electron chi connectivity index (χ3n) is 4.53. The molecule has 0 fully saturated rings. The van der Waals surface area contributed by atoms with Gasteiger partial charge in [-0.25, -0.2) is 4.68 Å². The van der Waals surface area contributed by atoms with Crippen LogP contribution in [0.1, 0.15) is 25.8 Å². The van der Waals surface area contributed by atoms with Crippen molar-refractivity contribution in [2.24, 2.45) is 0 Å². The second kappa shape index (κ2) is 7.71. The maximum atomic E-state index is 11.5. The van der Waals surface area contributed by atoms with Crippen molar-refractivity contribution in [2.75, 3.05) is 13.7 Å². The van der Waals surface area contributed by atoms with Gasteiger partial charge in [-0.05, 0) is 39.1 Å². The van der Waals surface area contributed by atoms with E-state index in [4.69, 9.17) is 4.74 Å². The van der Waals surface area contributed by atoms with Gasteiger partial charge in [0.15, 0.2) is 5.75 Å². The summed E-state index contributed by atoms with van der Waals surface area (Å²) in [7, 11) is 1.75. The van der Waals surface area contributed by atoms with Gasteiger partial charge < -0.3 is 10.1 Å². The fourth-order valence-electron chi connectivity index (χ4n) is 3.06. The number of aromatic nitrogens is 3. The Labute approximate surface area is 157 Å². The van der Waals surface area contributed by atoms with E-state index in [-0.39, 0.29) is 17.0 Å². The van der Waals surface area contributed by atoms with Crippen LogP contribution in [0.25, 0.3) is 11.0 Å². The van der Waals surface area contributed by atoms with Crippen LogP contribution in [0.4, 0.5) is 5.69 Å². The number of para-hydroxylation sites is 2. The van der Waals surface area contributed by atoms with E-state index in [1.165, 1.54) is 0 Å². The highest BCUT2D eigenvalue weighted by Gasteiger charge is 2.25. The predicted octanol–water partition coefficient (Wildman–Crippen LogP) is 3.26. The Bertz CT molecular complexity index is 951. The fourth-order valence-corrected chi connectivity index (χ4v) is 3.06. The quantitative estimate of drug-likeness (QED) is 0.484. The summed E-state index contributed by atoms with van der Waals surface area (Å²) < 4.78 is 7.67. The summed E-state index contributed by atoms with van der Waals surface area (Å²) in [5, 5.41) is 22.9. The molecule has 0 saturated heterocycles. The van der Waals surface area contributed by atoms with E-state index in [0.29, 0.717) is 25.1 Å². The van der Waals surface area contributed by atoms with Crippen molar-refractivity contribution < 1.29 is 9.66 Å². The molecule has 3 aromatic rings. The highest BCUT2D eigenvalue weighted by Crippen LogP contribution is 2.32. The first-order valence-corrected chi connectivity index (χ1v) is 8.78. The lowest BCUT2D eigenvalue weighted by atomic mass is 10.0. The van der Waals surface area contributed by atoms with Crippen molar-refractivity contribution >= 4 is 16.7 Å². The minimum atomic E-state index is -0.391. The smallest absolute Gasteiger partial charge is 0.315 e. The standard InChI is InChI=1S/C19H23N5O3/c1-19(2,23-16-9-5-4-8-15(16)21-22-23)11-12-27-17-10-6-7-14(13-20-3)18(17)24(25)26/h4-10,20H,11-13H2,1-3H3. The average molecular weight is 369 g/mol. The zero-order chi connectivity index (χ0) is 19.4. The van der Waals surface area contributed by atoms with Crippen molar-refractivity contribution in [3.8, 4) is 5.75 Å². The van der Waals surface area contributed by atoms with Gasteiger partial charge in [-0.15, -0.1) is 5.10 Å². The van der Waals surface area contributed by atoms with E-state index in [2.05, 4.69) is 15.6 Å². The van der Waals surface area contributed by atoms with Crippen molar-refractivity contribution in [3.05, 3.63) is 58.1 Å². The average Bonchev–Trinajstić information content (AvgIpc) is 3.07. The van der Waals surface area contributed by atoms with Crippen LogP contribution in [0.15, 0.2) is 42.5 Å². The molecule has 0 radical (unpaired) electrons. The van der Waals surface area contributed by atoms with Crippen LogP contribution in [0, 0.1) is 10.1 Å². The Morgan fingerprint density at radius 1 is 1.22 bits per heavy atom. The molecule has 142 valence electrons.